The molecule has 0 heterocycles. The molecule has 0 rings (SSSR count). The molecule has 0 spiro atoms. The molecule has 0 aromatic rings. The highest BCUT2D eigenvalue weighted by molar-refractivity contribution is 4.79. The van der Waals surface area contributed by atoms with Gasteiger partial charge >= 0.3 is 0 Å². The molecule has 0 aliphatic rings. The average molecular weight is 214 g/mol. The van der Waals surface area contributed by atoms with Gasteiger partial charge in [0.05, 0.1) is 0 Å². The quantitative estimate of drug-likeness (QED) is 0.736. The van der Waals surface area contributed by atoms with Crippen molar-refractivity contribution in [3.05, 3.63) is 0 Å². The third kappa shape index (κ3) is 6.16. The molecule has 2 nitrogen and oxygen atoms in total. The molecule has 0 aromatic heterocycles. The van der Waals surface area contributed by atoms with Crippen molar-refractivity contribution in [1.29, 1.82) is 0 Å². The maximum absolute atomic E-state index is 5.87. The molecule has 0 fully saturated rings. The first-order chi connectivity index (χ1) is 6.81. The molecule has 0 aliphatic heterocycles. The molecule has 0 aromatic carbocycles. The summed E-state index contributed by atoms with van der Waals surface area (Å²) in [5.74, 6) is 0. The van der Waals surface area contributed by atoms with Gasteiger partial charge in [0.1, 0.15) is 0 Å². The van der Waals surface area contributed by atoms with Crippen molar-refractivity contribution < 1.29 is 0 Å². The molecule has 15 heavy (non-hydrogen) atoms. The first-order valence-electron chi connectivity index (χ1n) is 6.23. The van der Waals surface area contributed by atoms with Crippen LogP contribution in [0.5, 0.6) is 0 Å². The largest absolute Gasteiger partial charge is 0.329 e. The fraction of sp³-hybridized carbons (Fsp3) is 1.00. The summed E-state index contributed by atoms with van der Waals surface area (Å²) in [6.45, 7) is 12.2. The third-order valence-electron chi connectivity index (χ3n) is 3.10. The number of hydrogen-bond acceptors (Lipinski definition) is 2. The maximum atomic E-state index is 5.87. The van der Waals surface area contributed by atoms with Gasteiger partial charge in [-0.05, 0) is 32.2 Å². The van der Waals surface area contributed by atoms with Gasteiger partial charge in [0.2, 0.25) is 0 Å². The van der Waals surface area contributed by atoms with Crippen molar-refractivity contribution in [2.75, 3.05) is 13.6 Å². The molecule has 0 amide bonds. The van der Waals surface area contributed by atoms with Crippen LogP contribution in [0.4, 0.5) is 0 Å². The summed E-state index contributed by atoms with van der Waals surface area (Å²) in [7, 11) is 2.21. The van der Waals surface area contributed by atoms with E-state index in [0.717, 1.165) is 6.54 Å². The van der Waals surface area contributed by atoms with Gasteiger partial charge < -0.3 is 5.73 Å². The molecule has 0 bridgehead atoms. The minimum absolute atomic E-state index is 0.365. The van der Waals surface area contributed by atoms with Crippen LogP contribution in [0.2, 0.25) is 0 Å². The van der Waals surface area contributed by atoms with Crippen molar-refractivity contribution in [3.8, 4) is 0 Å². The molecule has 2 unspecified atom stereocenters. The zero-order valence-corrected chi connectivity index (χ0v) is 11.5. The van der Waals surface area contributed by atoms with E-state index >= 15 is 0 Å². The van der Waals surface area contributed by atoms with Crippen LogP contribution in [0.1, 0.15) is 53.9 Å². The molecular weight excluding hydrogens is 184 g/mol. The van der Waals surface area contributed by atoms with Crippen molar-refractivity contribution in [1.82, 2.24) is 4.90 Å². The average Bonchev–Trinajstić information content (AvgIpc) is 2.12. The van der Waals surface area contributed by atoms with Crippen LogP contribution in [0, 0.1) is 5.41 Å². The highest BCUT2D eigenvalue weighted by Gasteiger charge is 2.23. The summed E-state index contributed by atoms with van der Waals surface area (Å²) in [6.07, 6.45) is 3.68. The fourth-order valence-electron chi connectivity index (χ4n) is 2.08. The highest BCUT2D eigenvalue weighted by Crippen LogP contribution is 2.24. The summed E-state index contributed by atoms with van der Waals surface area (Å²) in [5, 5.41) is 0. The van der Waals surface area contributed by atoms with Crippen LogP contribution < -0.4 is 5.73 Å². The van der Waals surface area contributed by atoms with Gasteiger partial charge in [0, 0.05) is 18.6 Å². The second-order valence-corrected chi connectivity index (χ2v) is 5.96. The lowest BCUT2D eigenvalue weighted by molar-refractivity contribution is 0.138. The smallest absolute Gasteiger partial charge is 0.0223 e. The number of hydrogen-bond donors (Lipinski definition) is 1. The van der Waals surface area contributed by atoms with Crippen LogP contribution in [0.15, 0.2) is 0 Å². The van der Waals surface area contributed by atoms with E-state index in [-0.39, 0.29) is 0 Å². The van der Waals surface area contributed by atoms with Gasteiger partial charge in [-0.1, -0.05) is 34.1 Å². The normalized spacial score (nSPS) is 16.8. The van der Waals surface area contributed by atoms with Crippen LogP contribution in [0.25, 0.3) is 0 Å². The second-order valence-electron chi connectivity index (χ2n) is 5.96. The van der Waals surface area contributed by atoms with Crippen LogP contribution in [0.3, 0.4) is 0 Å². The van der Waals surface area contributed by atoms with Crippen molar-refractivity contribution in [3.63, 3.8) is 0 Å². The van der Waals surface area contributed by atoms with Gasteiger partial charge in [-0.15, -0.1) is 0 Å². The summed E-state index contributed by atoms with van der Waals surface area (Å²) in [6, 6.07) is 1.16. The lowest BCUT2D eigenvalue weighted by Crippen LogP contribution is -2.44. The van der Waals surface area contributed by atoms with E-state index in [1.54, 1.807) is 0 Å². The Kier molecular flexibility index (Phi) is 6.46. The topological polar surface area (TPSA) is 29.3 Å². The van der Waals surface area contributed by atoms with Gasteiger partial charge in [-0.25, -0.2) is 0 Å². The third-order valence-corrected chi connectivity index (χ3v) is 3.10. The zero-order valence-electron chi connectivity index (χ0n) is 11.5. The van der Waals surface area contributed by atoms with E-state index in [2.05, 4.69) is 46.6 Å². The predicted molar refractivity (Wildman–Crippen MR) is 69.0 cm³/mol. The van der Waals surface area contributed by atoms with Gasteiger partial charge in [-0.3, -0.25) is 4.90 Å². The first kappa shape index (κ1) is 14.9. The number of likely N-dealkylation sites (N-methyl/N-ethyl adjacent to an activating group) is 1. The summed E-state index contributed by atoms with van der Waals surface area (Å²) < 4.78 is 0. The SMILES string of the molecule is CCCC(C)N(C)C(CN)CC(C)(C)C. The lowest BCUT2D eigenvalue weighted by atomic mass is 9.87. The number of rotatable bonds is 6. The van der Waals surface area contributed by atoms with E-state index in [1.807, 2.05) is 0 Å². The van der Waals surface area contributed by atoms with Crippen molar-refractivity contribution in [2.24, 2.45) is 11.1 Å². The molecule has 2 atom stereocenters. The molecule has 0 radical (unpaired) electrons. The molecule has 2 N–H and O–H groups in total. The Balaban J connectivity index is 4.27. The van der Waals surface area contributed by atoms with E-state index in [4.69, 9.17) is 5.73 Å². The molecule has 0 aliphatic carbocycles. The molecule has 2 heteroatoms. The van der Waals surface area contributed by atoms with Gasteiger partial charge in [0.25, 0.3) is 0 Å². The second kappa shape index (κ2) is 6.49. The van der Waals surface area contributed by atoms with Crippen molar-refractivity contribution >= 4 is 0 Å². The Labute approximate surface area is 96.2 Å². The number of nitrogens with two attached hydrogens (primary N) is 1. The van der Waals surface area contributed by atoms with E-state index in [9.17, 15) is 0 Å². The Morgan fingerprint density at radius 2 is 1.80 bits per heavy atom. The van der Waals surface area contributed by atoms with Gasteiger partial charge in [0.15, 0.2) is 0 Å². The first-order valence-corrected chi connectivity index (χ1v) is 6.23. The van der Waals surface area contributed by atoms with Crippen LogP contribution in [-0.2, 0) is 0 Å². The summed E-state index contributed by atoms with van der Waals surface area (Å²) in [5.41, 5.74) is 6.24. The molecular formula is C13H30N2. The Morgan fingerprint density at radius 1 is 1.27 bits per heavy atom. The number of nitrogens with zero attached hydrogens (tertiary/aromatic N) is 1. The minimum atomic E-state index is 0.365. The summed E-state index contributed by atoms with van der Waals surface area (Å²) >= 11 is 0. The minimum Gasteiger partial charge on any atom is -0.329 e. The maximum Gasteiger partial charge on any atom is 0.0223 e. The van der Waals surface area contributed by atoms with Gasteiger partial charge in [-0.2, -0.15) is 0 Å². The van der Waals surface area contributed by atoms with Crippen molar-refractivity contribution in [2.45, 2.75) is 66.0 Å². The molecule has 92 valence electrons. The Bertz CT molecular complexity index is 160. The highest BCUT2D eigenvalue weighted by atomic mass is 15.2. The lowest BCUT2D eigenvalue weighted by Gasteiger charge is -2.36. The Hall–Kier alpha value is -0.0800. The monoisotopic (exact) mass is 214 g/mol. The zero-order chi connectivity index (χ0) is 12.1. The van der Waals surface area contributed by atoms with E-state index in [0.29, 0.717) is 17.5 Å². The summed E-state index contributed by atoms with van der Waals surface area (Å²) in [4.78, 5) is 2.45. The fourth-order valence-corrected chi connectivity index (χ4v) is 2.08. The van der Waals surface area contributed by atoms with Crippen LogP contribution in [-0.4, -0.2) is 30.6 Å². The standard InChI is InChI=1S/C13H30N2/c1-7-8-11(2)15(6)12(10-14)9-13(3,4)5/h11-12H,7-10,14H2,1-6H3. The Morgan fingerprint density at radius 3 is 2.13 bits per heavy atom. The predicted octanol–water partition coefficient (Wildman–Crippen LogP) is 2.87. The molecule has 0 saturated carbocycles. The van der Waals surface area contributed by atoms with E-state index in [1.165, 1.54) is 19.3 Å². The van der Waals surface area contributed by atoms with E-state index < -0.39 is 0 Å². The van der Waals surface area contributed by atoms with Crippen LogP contribution >= 0.6 is 0 Å². The molecule has 0 saturated heterocycles.